The van der Waals surface area contributed by atoms with E-state index in [4.69, 9.17) is 9.72 Å². The Labute approximate surface area is 149 Å². The molecule has 6 nitrogen and oxygen atoms in total. The highest BCUT2D eigenvalue weighted by molar-refractivity contribution is 5.52. The minimum absolute atomic E-state index is 0.882. The number of rotatable bonds is 4. The summed E-state index contributed by atoms with van der Waals surface area (Å²) in [6.45, 7) is 6.10. The molecule has 4 rings (SSSR count). The van der Waals surface area contributed by atoms with Crippen LogP contribution in [0.15, 0.2) is 36.5 Å². The summed E-state index contributed by atoms with van der Waals surface area (Å²) >= 11 is 0. The highest BCUT2D eigenvalue weighted by Gasteiger charge is 2.20. The van der Waals surface area contributed by atoms with E-state index in [1.54, 1.807) is 7.11 Å². The number of methoxy groups -OCH3 is 1. The van der Waals surface area contributed by atoms with Gasteiger partial charge in [-0.1, -0.05) is 0 Å². The molecule has 0 bridgehead atoms. The van der Waals surface area contributed by atoms with E-state index in [9.17, 15) is 0 Å². The molecule has 0 N–H and O–H groups in total. The second-order valence-electron chi connectivity index (χ2n) is 6.58. The fourth-order valence-electron chi connectivity index (χ4n) is 3.57. The zero-order valence-electron chi connectivity index (χ0n) is 14.8. The quantitative estimate of drug-likeness (QED) is 0.852. The molecule has 0 saturated carbocycles. The number of piperazine rings is 1. The van der Waals surface area contributed by atoms with E-state index in [2.05, 4.69) is 31.8 Å². The zero-order chi connectivity index (χ0) is 17.1. The van der Waals surface area contributed by atoms with Gasteiger partial charge in [0.15, 0.2) is 0 Å². The van der Waals surface area contributed by atoms with Crippen LogP contribution in [-0.4, -0.2) is 56.3 Å². The summed E-state index contributed by atoms with van der Waals surface area (Å²) in [6, 6.07) is 10.3. The van der Waals surface area contributed by atoms with Crippen LogP contribution in [0.1, 0.15) is 12.8 Å². The summed E-state index contributed by atoms with van der Waals surface area (Å²) in [4.78, 5) is 16.3. The van der Waals surface area contributed by atoms with Crippen molar-refractivity contribution in [2.45, 2.75) is 12.8 Å². The summed E-state index contributed by atoms with van der Waals surface area (Å²) in [5.74, 6) is 2.83. The maximum Gasteiger partial charge on any atom is 0.227 e. The largest absolute Gasteiger partial charge is 0.497 e. The number of benzene rings is 1. The molecule has 6 heteroatoms. The highest BCUT2D eigenvalue weighted by Crippen LogP contribution is 2.23. The van der Waals surface area contributed by atoms with Crippen LogP contribution in [0.2, 0.25) is 0 Å². The Bertz CT molecular complexity index is 691. The molecule has 2 aliphatic rings. The van der Waals surface area contributed by atoms with Gasteiger partial charge >= 0.3 is 0 Å². The van der Waals surface area contributed by atoms with Crippen LogP contribution in [0.25, 0.3) is 0 Å². The fraction of sp³-hybridized carbons (Fsp3) is 0.474. The molecule has 0 atom stereocenters. The van der Waals surface area contributed by atoms with Gasteiger partial charge in [0.2, 0.25) is 5.95 Å². The van der Waals surface area contributed by atoms with Crippen molar-refractivity contribution in [2.75, 3.05) is 61.1 Å². The number of hydrogen-bond acceptors (Lipinski definition) is 6. The summed E-state index contributed by atoms with van der Waals surface area (Å²) in [6.07, 6.45) is 4.38. The third-order valence-electron chi connectivity index (χ3n) is 5.06. The lowest BCUT2D eigenvalue weighted by atomic mass is 10.2. The lowest BCUT2D eigenvalue weighted by Gasteiger charge is -2.37. The Kier molecular flexibility index (Phi) is 4.59. The molecule has 0 radical (unpaired) electrons. The molecular weight excluding hydrogens is 314 g/mol. The Morgan fingerprint density at radius 3 is 2.16 bits per heavy atom. The lowest BCUT2D eigenvalue weighted by molar-refractivity contribution is 0.415. The van der Waals surface area contributed by atoms with Crippen molar-refractivity contribution in [3.63, 3.8) is 0 Å². The van der Waals surface area contributed by atoms with E-state index < -0.39 is 0 Å². The van der Waals surface area contributed by atoms with Crippen molar-refractivity contribution in [1.29, 1.82) is 0 Å². The number of aromatic nitrogens is 2. The molecule has 1 aromatic heterocycles. The Hall–Kier alpha value is -2.50. The summed E-state index contributed by atoms with van der Waals surface area (Å²) in [5, 5.41) is 0. The van der Waals surface area contributed by atoms with Gasteiger partial charge in [-0.15, -0.1) is 0 Å². The molecule has 0 aliphatic carbocycles. The van der Waals surface area contributed by atoms with Crippen molar-refractivity contribution in [3.8, 4) is 5.75 Å². The van der Waals surface area contributed by atoms with Gasteiger partial charge in [0, 0.05) is 51.2 Å². The first-order chi connectivity index (χ1) is 12.3. The molecule has 25 heavy (non-hydrogen) atoms. The second-order valence-corrected chi connectivity index (χ2v) is 6.58. The predicted octanol–water partition coefficient (Wildman–Crippen LogP) is 2.41. The Morgan fingerprint density at radius 2 is 1.48 bits per heavy atom. The van der Waals surface area contributed by atoms with Crippen LogP contribution >= 0.6 is 0 Å². The average Bonchev–Trinajstić information content (AvgIpc) is 3.23. The van der Waals surface area contributed by atoms with E-state index in [0.29, 0.717) is 0 Å². The van der Waals surface area contributed by atoms with Crippen molar-refractivity contribution >= 4 is 17.5 Å². The Balaban J connectivity index is 1.40. The first kappa shape index (κ1) is 16.0. The fourth-order valence-corrected chi connectivity index (χ4v) is 3.57. The van der Waals surface area contributed by atoms with E-state index in [-0.39, 0.29) is 0 Å². The van der Waals surface area contributed by atoms with Crippen LogP contribution in [0.5, 0.6) is 5.75 Å². The van der Waals surface area contributed by atoms with Gasteiger partial charge in [0.05, 0.1) is 7.11 Å². The van der Waals surface area contributed by atoms with Crippen molar-refractivity contribution in [2.24, 2.45) is 0 Å². The van der Waals surface area contributed by atoms with Gasteiger partial charge in [-0.05, 0) is 43.2 Å². The highest BCUT2D eigenvalue weighted by atomic mass is 16.5. The normalized spacial score (nSPS) is 17.9. The van der Waals surface area contributed by atoms with Gasteiger partial charge in [0.25, 0.3) is 0 Å². The molecular formula is C19H25N5O. The first-order valence-electron chi connectivity index (χ1n) is 9.05. The van der Waals surface area contributed by atoms with Crippen LogP contribution in [0.4, 0.5) is 17.5 Å². The molecule has 2 fully saturated rings. The third-order valence-corrected chi connectivity index (χ3v) is 5.06. The van der Waals surface area contributed by atoms with Crippen molar-refractivity contribution < 1.29 is 4.74 Å². The van der Waals surface area contributed by atoms with Crippen molar-refractivity contribution in [3.05, 3.63) is 36.5 Å². The number of hydrogen-bond donors (Lipinski definition) is 0. The number of anilines is 3. The zero-order valence-corrected chi connectivity index (χ0v) is 14.8. The second kappa shape index (κ2) is 7.17. The van der Waals surface area contributed by atoms with Crippen LogP contribution < -0.4 is 19.4 Å². The molecule has 3 heterocycles. The predicted molar refractivity (Wildman–Crippen MR) is 101 cm³/mol. The topological polar surface area (TPSA) is 44.7 Å². The van der Waals surface area contributed by atoms with Gasteiger partial charge in [-0.25, -0.2) is 4.98 Å². The van der Waals surface area contributed by atoms with Crippen LogP contribution in [0, 0.1) is 0 Å². The minimum atomic E-state index is 0.882. The monoisotopic (exact) mass is 339 g/mol. The molecule has 2 saturated heterocycles. The van der Waals surface area contributed by atoms with Gasteiger partial charge < -0.3 is 19.4 Å². The minimum Gasteiger partial charge on any atom is -0.497 e. The van der Waals surface area contributed by atoms with E-state index >= 15 is 0 Å². The molecule has 0 amide bonds. The molecule has 2 aromatic rings. The summed E-state index contributed by atoms with van der Waals surface area (Å²) in [7, 11) is 1.70. The summed E-state index contributed by atoms with van der Waals surface area (Å²) in [5.41, 5.74) is 1.25. The van der Waals surface area contributed by atoms with E-state index in [1.807, 2.05) is 24.4 Å². The molecule has 0 unspecified atom stereocenters. The maximum absolute atomic E-state index is 5.24. The number of nitrogens with zero attached hydrogens (tertiary/aromatic N) is 5. The number of ether oxygens (including phenoxy) is 1. The molecule has 0 spiro atoms. The SMILES string of the molecule is COc1ccc(N2CCN(c3ccnc(N4CCCC4)n3)CC2)cc1. The van der Waals surface area contributed by atoms with Crippen molar-refractivity contribution in [1.82, 2.24) is 9.97 Å². The molecule has 1 aromatic carbocycles. The Morgan fingerprint density at radius 1 is 0.800 bits per heavy atom. The summed E-state index contributed by atoms with van der Waals surface area (Å²) < 4.78 is 5.24. The van der Waals surface area contributed by atoms with Crippen LogP contribution in [-0.2, 0) is 0 Å². The molecule has 132 valence electrons. The van der Waals surface area contributed by atoms with E-state index in [1.165, 1.54) is 18.5 Å². The maximum atomic E-state index is 5.24. The van der Waals surface area contributed by atoms with Gasteiger partial charge in [-0.2, -0.15) is 4.98 Å². The average molecular weight is 339 g/mol. The molecule has 2 aliphatic heterocycles. The third kappa shape index (κ3) is 3.48. The van der Waals surface area contributed by atoms with Crippen LogP contribution in [0.3, 0.4) is 0 Å². The van der Waals surface area contributed by atoms with E-state index in [0.717, 1.165) is 56.8 Å². The van der Waals surface area contributed by atoms with Gasteiger partial charge in [0.1, 0.15) is 11.6 Å². The smallest absolute Gasteiger partial charge is 0.227 e. The van der Waals surface area contributed by atoms with Gasteiger partial charge in [-0.3, -0.25) is 0 Å². The first-order valence-corrected chi connectivity index (χ1v) is 9.05. The lowest BCUT2D eigenvalue weighted by Crippen LogP contribution is -2.47. The standard InChI is InChI=1S/C19H25N5O/c1-25-17-6-4-16(5-7-17)22-12-14-23(15-13-22)18-8-9-20-19(21-18)24-10-2-3-11-24/h4-9H,2-3,10-15H2,1H3.